The monoisotopic (exact) mass is 313 g/mol. The van der Waals surface area contributed by atoms with Gasteiger partial charge in [-0.15, -0.1) is 0 Å². The zero-order chi connectivity index (χ0) is 16.1. The van der Waals surface area contributed by atoms with E-state index in [2.05, 4.69) is 58.2 Å². The lowest BCUT2D eigenvalue weighted by atomic mass is 10.1. The topological polar surface area (TPSA) is 42.5 Å². The van der Waals surface area contributed by atoms with Crippen LogP contribution in [0, 0.1) is 0 Å². The van der Waals surface area contributed by atoms with Crippen LogP contribution in [0.5, 0.6) is 0 Å². The van der Waals surface area contributed by atoms with Crippen molar-refractivity contribution in [2.24, 2.45) is 0 Å². The molecule has 0 spiro atoms. The first kappa shape index (κ1) is 16.2. The molecule has 0 saturated carbocycles. The van der Waals surface area contributed by atoms with Gasteiger partial charge in [0.1, 0.15) is 0 Å². The molecule has 0 amide bonds. The lowest BCUT2D eigenvalue weighted by Gasteiger charge is -2.28. The molecule has 23 heavy (non-hydrogen) atoms. The Morgan fingerprint density at radius 1 is 1.26 bits per heavy atom. The van der Waals surface area contributed by atoms with Crippen LogP contribution in [-0.2, 0) is 6.54 Å². The van der Waals surface area contributed by atoms with Crippen LogP contribution in [0.25, 0.3) is 0 Å². The van der Waals surface area contributed by atoms with Crippen molar-refractivity contribution in [1.82, 2.24) is 14.8 Å². The number of aromatic amines is 1. The molecule has 124 valence electrons. The van der Waals surface area contributed by atoms with Crippen LogP contribution in [-0.4, -0.2) is 52.7 Å². The number of likely N-dealkylation sites (tertiary alicyclic amines) is 1. The molecule has 0 bridgehead atoms. The highest BCUT2D eigenvalue weighted by Gasteiger charge is 2.28. The smallest absolute Gasteiger partial charge is 0.0794 e. The maximum atomic E-state index is 10.5. The summed E-state index contributed by atoms with van der Waals surface area (Å²) in [6.07, 6.45) is 4.04. The molecule has 1 fully saturated rings. The van der Waals surface area contributed by atoms with Crippen LogP contribution in [0.2, 0.25) is 0 Å². The third kappa shape index (κ3) is 4.44. The Labute approximate surface area is 138 Å². The minimum Gasteiger partial charge on any atom is -0.390 e. The quantitative estimate of drug-likeness (QED) is 0.826. The lowest BCUT2D eigenvalue weighted by Crippen LogP contribution is -2.38. The van der Waals surface area contributed by atoms with Crippen molar-refractivity contribution in [3.63, 3.8) is 0 Å². The number of rotatable bonds is 7. The Hall–Kier alpha value is -1.62. The summed E-state index contributed by atoms with van der Waals surface area (Å²) in [5.41, 5.74) is 2.56. The number of hydrogen-bond acceptors (Lipinski definition) is 3. The van der Waals surface area contributed by atoms with Gasteiger partial charge in [0.2, 0.25) is 0 Å². The van der Waals surface area contributed by atoms with Crippen LogP contribution < -0.4 is 0 Å². The van der Waals surface area contributed by atoms with E-state index in [1.165, 1.54) is 24.1 Å². The van der Waals surface area contributed by atoms with Crippen molar-refractivity contribution >= 4 is 0 Å². The average Bonchev–Trinajstić information content (AvgIpc) is 3.18. The molecule has 1 aliphatic heterocycles. The van der Waals surface area contributed by atoms with Crippen molar-refractivity contribution < 1.29 is 5.11 Å². The maximum Gasteiger partial charge on any atom is 0.0794 e. The number of nitrogens with zero attached hydrogens (tertiary/aromatic N) is 2. The predicted molar refractivity (Wildman–Crippen MR) is 93.1 cm³/mol. The van der Waals surface area contributed by atoms with E-state index in [1.807, 2.05) is 12.3 Å². The molecular weight excluding hydrogens is 286 g/mol. The van der Waals surface area contributed by atoms with E-state index >= 15 is 0 Å². The third-order valence-corrected chi connectivity index (χ3v) is 4.61. The van der Waals surface area contributed by atoms with Gasteiger partial charge >= 0.3 is 0 Å². The van der Waals surface area contributed by atoms with Gasteiger partial charge in [0.05, 0.1) is 6.10 Å². The van der Waals surface area contributed by atoms with Gasteiger partial charge in [0, 0.05) is 37.6 Å². The molecule has 3 rings (SSSR count). The molecule has 1 aliphatic rings. The number of aliphatic hydroxyl groups is 1. The maximum absolute atomic E-state index is 10.5. The number of benzene rings is 1. The molecule has 0 radical (unpaired) electrons. The van der Waals surface area contributed by atoms with Crippen LogP contribution >= 0.6 is 0 Å². The lowest BCUT2D eigenvalue weighted by molar-refractivity contribution is 0.0745. The molecule has 2 aromatic rings. The highest BCUT2D eigenvalue weighted by molar-refractivity contribution is 5.14. The minimum atomic E-state index is -0.320. The SMILES string of the molecule is CN(Cc1ccccc1)C[C@H](O)CN1CCC[C@H]1c1ccc[nH]1. The normalized spacial score (nSPS) is 20.2. The predicted octanol–water partition coefficient (Wildman–Crippen LogP) is 2.64. The fraction of sp³-hybridized carbons (Fsp3) is 0.474. The van der Waals surface area contributed by atoms with E-state index in [0.717, 1.165) is 19.6 Å². The zero-order valence-corrected chi connectivity index (χ0v) is 13.9. The Balaban J connectivity index is 1.49. The standard InChI is InChI=1S/C19H27N3O/c1-21(13-16-7-3-2-4-8-16)14-17(23)15-22-12-6-10-19(22)18-9-5-11-20-18/h2-5,7-9,11,17,19-20,23H,6,10,12-15H2,1H3/t17-,19-/m0/s1. The van der Waals surface area contributed by atoms with Crippen LogP contribution in [0.4, 0.5) is 0 Å². The van der Waals surface area contributed by atoms with Gasteiger partial charge in [-0.05, 0) is 44.1 Å². The van der Waals surface area contributed by atoms with Gasteiger partial charge in [0.15, 0.2) is 0 Å². The van der Waals surface area contributed by atoms with Gasteiger partial charge in [-0.1, -0.05) is 30.3 Å². The molecule has 2 heterocycles. The minimum absolute atomic E-state index is 0.320. The van der Waals surface area contributed by atoms with Gasteiger partial charge in [-0.3, -0.25) is 9.80 Å². The van der Waals surface area contributed by atoms with E-state index in [0.29, 0.717) is 12.6 Å². The molecule has 4 nitrogen and oxygen atoms in total. The first-order chi connectivity index (χ1) is 11.2. The Bertz CT molecular complexity index is 570. The highest BCUT2D eigenvalue weighted by atomic mass is 16.3. The van der Waals surface area contributed by atoms with E-state index in [9.17, 15) is 5.11 Å². The summed E-state index contributed by atoms with van der Waals surface area (Å²) >= 11 is 0. The second-order valence-electron chi connectivity index (χ2n) is 6.61. The number of hydrogen-bond donors (Lipinski definition) is 2. The zero-order valence-electron chi connectivity index (χ0n) is 13.9. The van der Waals surface area contributed by atoms with Crippen LogP contribution in [0.1, 0.15) is 30.1 Å². The molecule has 0 aliphatic carbocycles. The van der Waals surface area contributed by atoms with Gasteiger partial charge in [-0.2, -0.15) is 0 Å². The van der Waals surface area contributed by atoms with Gasteiger partial charge in [0.25, 0.3) is 0 Å². The molecule has 1 aromatic carbocycles. The van der Waals surface area contributed by atoms with E-state index in [4.69, 9.17) is 0 Å². The fourth-order valence-electron chi connectivity index (χ4n) is 3.60. The number of H-pyrrole nitrogens is 1. The van der Waals surface area contributed by atoms with E-state index in [-0.39, 0.29) is 6.10 Å². The highest BCUT2D eigenvalue weighted by Crippen LogP contribution is 2.30. The van der Waals surface area contributed by atoms with Crippen molar-refractivity contribution in [1.29, 1.82) is 0 Å². The largest absolute Gasteiger partial charge is 0.390 e. The number of aromatic nitrogens is 1. The average molecular weight is 313 g/mol. The summed E-state index contributed by atoms with van der Waals surface area (Å²) < 4.78 is 0. The molecule has 1 saturated heterocycles. The fourth-order valence-corrected chi connectivity index (χ4v) is 3.60. The molecule has 2 atom stereocenters. The molecule has 4 heteroatoms. The second kappa shape index (κ2) is 7.77. The molecular formula is C19H27N3O. The summed E-state index contributed by atoms with van der Waals surface area (Å²) in [6, 6.07) is 15.0. The van der Waals surface area contributed by atoms with E-state index in [1.54, 1.807) is 0 Å². The first-order valence-corrected chi connectivity index (χ1v) is 8.50. The second-order valence-corrected chi connectivity index (χ2v) is 6.61. The molecule has 0 unspecified atom stereocenters. The van der Waals surface area contributed by atoms with Crippen LogP contribution in [0.3, 0.4) is 0 Å². The molecule has 1 aromatic heterocycles. The first-order valence-electron chi connectivity index (χ1n) is 8.50. The van der Waals surface area contributed by atoms with Gasteiger partial charge in [-0.25, -0.2) is 0 Å². The Morgan fingerprint density at radius 2 is 2.09 bits per heavy atom. The summed E-state index contributed by atoms with van der Waals surface area (Å²) in [4.78, 5) is 7.93. The Morgan fingerprint density at radius 3 is 2.83 bits per heavy atom. The third-order valence-electron chi connectivity index (χ3n) is 4.61. The number of nitrogens with one attached hydrogen (secondary N) is 1. The van der Waals surface area contributed by atoms with Crippen molar-refractivity contribution in [3.8, 4) is 0 Å². The number of aliphatic hydroxyl groups excluding tert-OH is 1. The number of likely N-dealkylation sites (N-methyl/N-ethyl adjacent to an activating group) is 1. The molecule has 2 N–H and O–H groups in total. The number of β-amino-alcohol motifs (C(OH)–C–C–N with tert-alkyl or cyclic N) is 1. The van der Waals surface area contributed by atoms with E-state index < -0.39 is 0 Å². The summed E-state index contributed by atoms with van der Waals surface area (Å²) in [7, 11) is 2.07. The summed E-state index contributed by atoms with van der Waals surface area (Å²) in [5, 5.41) is 10.5. The van der Waals surface area contributed by atoms with Crippen molar-refractivity contribution in [3.05, 3.63) is 59.9 Å². The Kier molecular flexibility index (Phi) is 5.49. The summed E-state index contributed by atoms with van der Waals surface area (Å²) in [6.45, 7) is 3.38. The van der Waals surface area contributed by atoms with Crippen molar-refractivity contribution in [2.75, 3.05) is 26.7 Å². The summed E-state index contributed by atoms with van der Waals surface area (Å²) in [5.74, 6) is 0. The van der Waals surface area contributed by atoms with Gasteiger partial charge < -0.3 is 10.1 Å². The van der Waals surface area contributed by atoms with Crippen LogP contribution in [0.15, 0.2) is 48.7 Å². The van der Waals surface area contributed by atoms with Crippen molar-refractivity contribution in [2.45, 2.75) is 31.5 Å².